The molecule has 0 bridgehead atoms. The Balaban J connectivity index is 1.58. The van der Waals surface area contributed by atoms with Crippen LogP contribution in [0.4, 0.5) is 0 Å². The Kier molecular flexibility index (Phi) is 5.76. The molecular formula is C18H30N4O3. The number of amides is 1. The number of imidazole rings is 1. The van der Waals surface area contributed by atoms with Crippen molar-refractivity contribution < 1.29 is 14.6 Å². The van der Waals surface area contributed by atoms with Gasteiger partial charge >= 0.3 is 0 Å². The first kappa shape index (κ1) is 18.4. The van der Waals surface area contributed by atoms with E-state index >= 15 is 0 Å². The smallest absolute Gasteiger partial charge is 0.225 e. The van der Waals surface area contributed by atoms with Crippen molar-refractivity contribution in [1.82, 2.24) is 19.8 Å². The molecule has 0 aromatic carbocycles. The van der Waals surface area contributed by atoms with E-state index in [0.717, 1.165) is 50.2 Å². The number of carbonyl (C=O) groups excluding carboxylic acids is 1. The molecule has 1 amide bonds. The highest BCUT2D eigenvalue weighted by atomic mass is 16.5. The third-order valence-corrected chi connectivity index (χ3v) is 5.12. The number of hydrogen-bond acceptors (Lipinski definition) is 5. The molecule has 140 valence electrons. The summed E-state index contributed by atoms with van der Waals surface area (Å²) in [6, 6.07) is 0. The maximum absolute atomic E-state index is 12.7. The van der Waals surface area contributed by atoms with Crippen molar-refractivity contribution >= 4 is 5.91 Å². The van der Waals surface area contributed by atoms with Gasteiger partial charge in [0.25, 0.3) is 0 Å². The standard InChI is InChI=1S/C18H30N4O3/c1-21(2)12-14-11-19-17(20-14)15-13-22(8-9-25-15)16(23)10-18(24)6-4-3-5-7-18/h11,15,24H,3-10,12-13H2,1-2H3,(H,19,20)/t15-/m1/s1. The first-order valence-electron chi connectivity index (χ1n) is 9.25. The molecule has 1 saturated heterocycles. The molecule has 1 aliphatic heterocycles. The maximum Gasteiger partial charge on any atom is 0.225 e. The predicted molar refractivity (Wildman–Crippen MR) is 93.9 cm³/mol. The Morgan fingerprint density at radius 1 is 1.44 bits per heavy atom. The zero-order chi connectivity index (χ0) is 17.9. The van der Waals surface area contributed by atoms with Gasteiger partial charge in [0.15, 0.2) is 0 Å². The fraction of sp³-hybridized carbons (Fsp3) is 0.778. The van der Waals surface area contributed by atoms with Gasteiger partial charge in [-0.05, 0) is 26.9 Å². The van der Waals surface area contributed by atoms with Crippen LogP contribution in [0.5, 0.6) is 0 Å². The normalized spacial score (nSPS) is 23.8. The van der Waals surface area contributed by atoms with E-state index in [1.165, 1.54) is 0 Å². The third kappa shape index (κ3) is 4.80. The topological polar surface area (TPSA) is 81.7 Å². The maximum atomic E-state index is 12.7. The van der Waals surface area contributed by atoms with Crippen LogP contribution < -0.4 is 0 Å². The lowest BCUT2D eigenvalue weighted by molar-refractivity contribution is -0.145. The van der Waals surface area contributed by atoms with Crippen molar-refractivity contribution in [2.75, 3.05) is 33.8 Å². The number of aromatic amines is 1. The molecule has 1 aromatic heterocycles. The first-order chi connectivity index (χ1) is 12.0. The van der Waals surface area contributed by atoms with Crippen molar-refractivity contribution in [2.24, 2.45) is 0 Å². The zero-order valence-corrected chi connectivity index (χ0v) is 15.3. The highest BCUT2D eigenvalue weighted by Crippen LogP contribution is 2.32. The van der Waals surface area contributed by atoms with Crippen molar-refractivity contribution in [3.63, 3.8) is 0 Å². The van der Waals surface area contributed by atoms with Gasteiger partial charge in [0.05, 0.1) is 25.2 Å². The van der Waals surface area contributed by atoms with Gasteiger partial charge in [-0.1, -0.05) is 19.3 Å². The number of nitrogens with zero attached hydrogens (tertiary/aromatic N) is 3. The van der Waals surface area contributed by atoms with Crippen LogP contribution in [0.3, 0.4) is 0 Å². The Morgan fingerprint density at radius 3 is 2.92 bits per heavy atom. The van der Waals surface area contributed by atoms with Gasteiger partial charge in [-0.3, -0.25) is 4.79 Å². The number of rotatable bonds is 5. The van der Waals surface area contributed by atoms with Crippen LogP contribution in [0.15, 0.2) is 6.20 Å². The van der Waals surface area contributed by atoms with E-state index in [1.807, 2.05) is 25.2 Å². The number of aliphatic hydroxyl groups is 1. The van der Waals surface area contributed by atoms with Crippen LogP contribution in [-0.4, -0.2) is 70.2 Å². The Labute approximate surface area is 149 Å². The Bertz CT molecular complexity index is 581. The lowest BCUT2D eigenvalue weighted by Crippen LogP contribution is -2.46. The van der Waals surface area contributed by atoms with Crippen LogP contribution in [0.2, 0.25) is 0 Å². The number of carbonyl (C=O) groups is 1. The number of hydrogen-bond donors (Lipinski definition) is 2. The summed E-state index contributed by atoms with van der Waals surface area (Å²) in [4.78, 5) is 24.3. The molecule has 2 fully saturated rings. The van der Waals surface area contributed by atoms with Gasteiger partial charge < -0.3 is 24.6 Å². The number of ether oxygens (including phenoxy) is 1. The molecule has 1 atom stereocenters. The molecule has 2 heterocycles. The van der Waals surface area contributed by atoms with E-state index in [-0.39, 0.29) is 18.4 Å². The highest BCUT2D eigenvalue weighted by molar-refractivity contribution is 5.77. The predicted octanol–water partition coefficient (Wildman–Crippen LogP) is 1.46. The summed E-state index contributed by atoms with van der Waals surface area (Å²) < 4.78 is 5.81. The number of aromatic nitrogens is 2. The minimum absolute atomic E-state index is 0.0257. The summed E-state index contributed by atoms with van der Waals surface area (Å²) in [7, 11) is 4.02. The third-order valence-electron chi connectivity index (χ3n) is 5.12. The second-order valence-electron chi connectivity index (χ2n) is 7.69. The lowest BCUT2D eigenvalue weighted by Gasteiger charge is -2.36. The van der Waals surface area contributed by atoms with E-state index < -0.39 is 5.60 Å². The fourth-order valence-electron chi connectivity index (χ4n) is 3.78. The minimum Gasteiger partial charge on any atom is -0.389 e. The molecule has 2 N–H and O–H groups in total. The SMILES string of the molecule is CN(C)Cc1cnc([C@H]2CN(C(=O)CC3(O)CCCCC3)CCO2)[nH]1. The Morgan fingerprint density at radius 2 is 2.20 bits per heavy atom. The van der Waals surface area contributed by atoms with Gasteiger partial charge in [0.2, 0.25) is 5.91 Å². The molecule has 1 aliphatic carbocycles. The molecule has 7 heteroatoms. The van der Waals surface area contributed by atoms with Gasteiger partial charge in [-0.15, -0.1) is 0 Å². The molecule has 3 rings (SSSR count). The van der Waals surface area contributed by atoms with E-state index in [9.17, 15) is 9.90 Å². The molecule has 1 saturated carbocycles. The average molecular weight is 350 g/mol. The molecule has 0 unspecified atom stereocenters. The Hall–Kier alpha value is -1.44. The van der Waals surface area contributed by atoms with Crippen LogP contribution in [-0.2, 0) is 16.1 Å². The van der Waals surface area contributed by atoms with Gasteiger partial charge in [-0.2, -0.15) is 0 Å². The van der Waals surface area contributed by atoms with Crippen molar-refractivity contribution in [1.29, 1.82) is 0 Å². The van der Waals surface area contributed by atoms with E-state index in [2.05, 4.69) is 14.9 Å². The van der Waals surface area contributed by atoms with Gasteiger partial charge in [-0.25, -0.2) is 4.98 Å². The highest BCUT2D eigenvalue weighted by Gasteiger charge is 2.35. The second kappa shape index (κ2) is 7.85. The molecule has 0 spiro atoms. The molecule has 2 aliphatic rings. The van der Waals surface area contributed by atoms with Crippen LogP contribution in [0.1, 0.15) is 56.1 Å². The van der Waals surface area contributed by atoms with Gasteiger partial charge in [0.1, 0.15) is 11.9 Å². The monoisotopic (exact) mass is 350 g/mol. The summed E-state index contributed by atoms with van der Waals surface area (Å²) in [5.41, 5.74) is 0.218. The fourth-order valence-corrected chi connectivity index (χ4v) is 3.78. The molecule has 25 heavy (non-hydrogen) atoms. The van der Waals surface area contributed by atoms with Crippen molar-refractivity contribution in [3.05, 3.63) is 17.7 Å². The summed E-state index contributed by atoms with van der Waals surface area (Å²) >= 11 is 0. The molecular weight excluding hydrogens is 320 g/mol. The zero-order valence-electron chi connectivity index (χ0n) is 15.3. The molecule has 0 radical (unpaired) electrons. The summed E-state index contributed by atoms with van der Waals surface area (Å²) in [6.07, 6.45) is 6.47. The number of morpholine rings is 1. The van der Waals surface area contributed by atoms with E-state index in [0.29, 0.717) is 19.7 Å². The summed E-state index contributed by atoms with van der Waals surface area (Å²) in [6.45, 7) is 2.36. The van der Waals surface area contributed by atoms with Crippen molar-refractivity contribution in [3.8, 4) is 0 Å². The van der Waals surface area contributed by atoms with Crippen LogP contribution in [0, 0.1) is 0 Å². The van der Waals surface area contributed by atoms with Crippen LogP contribution >= 0.6 is 0 Å². The average Bonchev–Trinajstić information content (AvgIpc) is 3.03. The van der Waals surface area contributed by atoms with Crippen LogP contribution in [0.25, 0.3) is 0 Å². The molecule has 7 nitrogen and oxygen atoms in total. The molecule has 1 aromatic rings. The quantitative estimate of drug-likeness (QED) is 0.840. The van der Waals surface area contributed by atoms with Crippen molar-refractivity contribution in [2.45, 2.75) is 56.8 Å². The number of H-pyrrole nitrogens is 1. The second-order valence-corrected chi connectivity index (χ2v) is 7.69. The number of nitrogens with one attached hydrogen (secondary N) is 1. The minimum atomic E-state index is -0.813. The summed E-state index contributed by atoms with van der Waals surface area (Å²) in [5, 5.41) is 10.6. The van der Waals surface area contributed by atoms with E-state index in [1.54, 1.807) is 0 Å². The summed E-state index contributed by atoms with van der Waals surface area (Å²) in [5.74, 6) is 0.795. The lowest BCUT2D eigenvalue weighted by atomic mass is 9.82. The van der Waals surface area contributed by atoms with Gasteiger partial charge in [0, 0.05) is 25.0 Å². The first-order valence-corrected chi connectivity index (χ1v) is 9.25. The van der Waals surface area contributed by atoms with E-state index in [4.69, 9.17) is 4.74 Å². The largest absolute Gasteiger partial charge is 0.389 e.